The second kappa shape index (κ2) is 6.07. The number of hydrogen-bond donors (Lipinski definition) is 2. The molecule has 106 valence electrons. The van der Waals surface area contributed by atoms with Crippen molar-refractivity contribution in [3.8, 4) is 0 Å². The second-order valence-corrected chi connectivity index (χ2v) is 6.27. The smallest absolute Gasteiger partial charge is 0.271 e. The van der Waals surface area contributed by atoms with Gasteiger partial charge in [-0.15, -0.1) is 22.7 Å². The fraction of sp³-hybridized carbons (Fsp3) is 0.0667. The normalized spacial score (nSPS) is 12.0. The Balaban J connectivity index is 1.88. The minimum atomic E-state index is -0.217. The third kappa shape index (κ3) is 3.12. The zero-order chi connectivity index (χ0) is 14.7. The summed E-state index contributed by atoms with van der Waals surface area (Å²) in [6.07, 6.45) is 0. The Kier molecular flexibility index (Phi) is 3.98. The number of anilines is 1. The van der Waals surface area contributed by atoms with E-state index >= 15 is 0 Å². The fourth-order valence-electron chi connectivity index (χ4n) is 2.02. The summed E-state index contributed by atoms with van der Waals surface area (Å²) in [5.41, 5.74) is 6.98. The summed E-state index contributed by atoms with van der Waals surface area (Å²) in [6, 6.07) is 13.7. The van der Waals surface area contributed by atoms with Crippen molar-refractivity contribution in [3.05, 3.63) is 69.4 Å². The van der Waals surface area contributed by atoms with Crippen LogP contribution in [-0.2, 0) is 0 Å². The van der Waals surface area contributed by atoms with Crippen molar-refractivity contribution >= 4 is 33.7 Å². The molecule has 0 fully saturated rings. The first-order valence-electron chi connectivity index (χ1n) is 6.34. The van der Waals surface area contributed by atoms with Crippen LogP contribution in [-0.4, -0.2) is 10.9 Å². The second-order valence-electron chi connectivity index (χ2n) is 4.40. The first kappa shape index (κ1) is 13.8. The van der Waals surface area contributed by atoms with Crippen LogP contribution >= 0.6 is 22.7 Å². The Bertz CT molecular complexity index is 722. The molecule has 6 heteroatoms. The van der Waals surface area contributed by atoms with E-state index in [0.717, 1.165) is 10.4 Å². The van der Waals surface area contributed by atoms with E-state index in [9.17, 15) is 4.79 Å². The van der Waals surface area contributed by atoms with E-state index in [1.807, 2.05) is 47.8 Å². The van der Waals surface area contributed by atoms with Crippen LogP contribution in [0.15, 0.2) is 53.2 Å². The SMILES string of the molecule is Nc1nc(C(=O)NC(c2ccccc2)c2cccs2)cs1. The molecule has 1 amide bonds. The quantitative estimate of drug-likeness (QED) is 0.776. The molecule has 0 spiro atoms. The maximum Gasteiger partial charge on any atom is 0.271 e. The maximum absolute atomic E-state index is 12.3. The molecule has 4 nitrogen and oxygen atoms in total. The van der Waals surface area contributed by atoms with Gasteiger partial charge in [-0.3, -0.25) is 4.79 Å². The molecule has 2 heterocycles. The topological polar surface area (TPSA) is 68.0 Å². The minimum absolute atomic E-state index is 0.179. The van der Waals surface area contributed by atoms with Gasteiger partial charge in [0.1, 0.15) is 5.69 Å². The molecular weight excluding hydrogens is 302 g/mol. The van der Waals surface area contributed by atoms with Gasteiger partial charge in [-0.05, 0) is 17.0 Å². The molecule has 1 aromatic carbocycles. The van der Waals surface area contributed by atoms with Crippen LogP contribution in [0.2, 0.25) is 0 Å². The Labute approximate surface area is 130 Å². The summed E-state index contributed by atoms with van der Waals surface area (Å²) < 4.78 is 0. The van der Waals surface area contributed by atoms with Crippen LogP contribution in [0.5, 0.6) is 0 Å². The van der Waals surface area contributed by atoms with Gasteiger partial charge in [0.2, 0.25) is 0 Å². The number of benzene rings is 1. The number of nitrogen functional groups attached to an aromatic ring is 1. The van der Waals surface area contributed by atoms with Crippen LogP contribution in [0.4, 0.5) is 5.13 Å². The Morgan fingerprint density at radius 3 is 2.57 bits per heavy atom. The zero-order valence-corrected chi connectivity index (χ0v) is 12.7. The lowest BCUT2D eigenvalue weighted by molar-refractivity contribution is 0.0939. The standard InChI is InChI=1S/C15H13N3OS2/c16-15-17-11(9-21-15)14(19)18-13(12-7-4-8-20-12)10-5-2-1-3-6-10/h1-9,13H,(H2,16,17)(H,18,19). The van der Waals surface area contributed by atoms with Crippen LogP contribution < -0.4 is 11.1 Å². The zero-order valence-electron chi connectivity index (χ0n) is 11.0. The lowest BCUT2D eigenvalue weighted by Gasteiger charge is -2.17. The molecule has 0 bridgehead atoms. The number of rotatable bonds is 4. The number of thiazole rings is 1. The van der Waals surface area contributed by atoms with Crippen molar-refractivity contribution in [2.75, 3.05) is 5.73 Å². The van der Waals surface area contributed by atoms with E-state index in [0.29, 0.717) is 10.8 Å². The van der Waals surface area contributed by atoms with Crippen LogP contribution in [0.3, 0.4) is 0 Å². The summed E-state index contributed by atoms with van der Waals surface area (Å²) in [6.45, 7) is 0. The predicted molar refractivity (Wildman–Crippen MR) is 86.6 cm³/mol. The van der Waals surface area contributed by atoms with Gasteiger partial charge in [0.05, 0.1) is 6.04 Å². The van der Waals surface area contributed by atoms with Gasteiger partial charge in [-0.2, -0.15) is 0 Å². The van der Waals surface area contributed by atoms with Crippen LogP contribution in [0.1, 0.15) is 27.0 Å². The Morgan fingerprint density at radius 1 is 1.14 bits per heavy atom. The van der Waals surface area contributed by atoms with Crippen LogP contribution in [0.25, 0.3) is 0 Å². The number of aromatic nitrogens is 1. The van der Waals surface area contributed by atoms with Gasteiger partial charge < -0.3 is 11.1 Å². The molecule has 0 radical (unpaired) electrons. The maximum atomic E-state index is 12.3. The van der Waals surface area contributed by atoms with E-state index in [4.69, 9.17) is 5.73 Å². The number of thiophene rings is 1. The first-order chi connectivity index (χ1) is 10.2. The molecule has 0 saturated carbocycles. The molecule has 0 saturated heterocycles. The molecule has 2 aromatic heterocycles. The monoisotopic (exact) mass is 315 g/mol. The molecule has 0 aliphatic carbocycles. The van der Waals surface area contributed by atoms with Gasteiger partial charge in [-0.1, -0.05) is 36.4 Å². The van der Waals surface area contributed by atoms with Crippen molar-refractivity contribution in [3.63, 3.8) is 0 Å². The first-order valence-corrected chi connectivity index (χ1v) is 8.10. The highest BCUT2D eigenvalue weighted by atomic mass is 32.1. The molecule has 1 unspecified atom stereocenters. The highest BCUT2D eigenvalue weighted by molar-refractivity contribution is 7.13. The average molecular weight is 315 g/mol. The number of nitrogens with two attached hydrogens (primary N) is 1. The van der Waals surface area contributed by atoms with Crippen molar-refractivity contribution in [2.45, 2.75) is 6.04 Å². The summed E-state index contributed by atoms with van der Waals surface area (Å²) >= 11 is 2.87. The predicted octanol–water partition coefficient (Wildman–Crippen LogP) is 3.31. The lowest BCUT2D eigenvalue weighted by atomic mass is 10.1. The van der Waals surface area contributed by atoms with Gasteiger partial charge in [-0.25, -0.2) is 4.98 Å². The Hall–Kier alpha value is -2.18. The number of nitrogens with zero attached hydrogens (tertiary/aromatic N) is 1. The van der Waals surface area contributed by atoms with Crippen molar-refractivity contribution in [1.82, 2.24) is 10.3 Å². The Morgan fingerprint density at radius 2 is 1.95 bits per heavy atom. The third-order valence-corrected chi connectivity index (χ3v) is 4.60. The molecule has 3 rings (SSSR count). The van der Waals surface area contributed by atoms with Crippen molar-refractivity contribution in [2.24, 2.45) is 0 Å². The molecule has 1 atom stereocenters. The fourth-order valence-corrected chi connectivity index (χ4v) is 3.36. The number of amides is 1. The lowest BCUT2D eigenvalue weighted by Crippen LogP contribution is -2.29. The van der Waals surface area contributed by atoms with Gasteiger partial charge >= 0.3 is 0 Å². The number of hydrogen-bond acceptors (Lipinski definition) is 5. The summed E-state index contributed by atoms with van der Waals surface area (Å²) in [4.78, 5) is 17.4. The number of carbonyl (C=O) groups excluding carboxylic acids is 1. The third-order valence-electron chi connectivity index (χ3n) is 2.99. The molecule has 3 N–H and O–H groups in total. The number of nitrogens with one attached hydrogen (secondary N) is 1. The summed E-state index contributed by atoms with van der Waals surface area (Å²) in [5.74, 6) is -0.217. The number of carbonyl (C=O) groups is 1. The van der Waals surface area contributed by atoms with Crippen molar-refractivity contribution in [1.29, 1.82) is 0 Å². The van der Waals surface area contributed by atoms with Gasteiger partial charge in [0, 0.05) is 10.3 Å². The molecule has 3 aromatic rings. The van der Waals surface area contributed by atoms with E-state index in [1.165, 1.54) is 11.3 Å². The molecular formula is C15H13N3OS2. The van der Waals surface area contributed by atoms with Gasteiger partial charge in [0.25, 0.3) is 5.91 Å². The van der Waals surface area contributed by atoms with Gasteiger partial charge in [0.15, 0.2) is 5.13 Å². The molecule has 0 aliphatic rings. The largest absolute Gasteiger partial charge is 0.375 e. The molecule has 21 heavy (non-hydrogen) atoms. The van der Waals surface area contributed by atoms with E-state index < -0.39 is 0 Å². The average Bonchev–Trinajstić information content (AvgIpc) is 3.17. The highest BCUT2D eigenvalue weighted by Crippen LogP contribution is 2.26. The molecule has 0 aliphatic heterocycles. The van der Waals surface area contributed by atoms with Crippen molar-refractivity contribution < 1.29 is 4.79 Å². The van der Waals surface area contributed by atoms with E-state index in [1.54, 1.807) is 16.7 Å². The highest BCUT2D eigenvalue weighted by Gasteiger charge is 2.19. The summed E-state index contributed by atoms with van der Waals surface area (Å²) in [7, 11) is 0. The van der Waals surface area contributed by atoms with E-state index in [2.05, 4.69) is 10.3 Å². The summed E-state index contributed by atoms with van der Waals surface area (Å²) in [5, 5.41) is 7.09. The van der Waals surface area contributed by atoms with Crippen LogP contribution in [0, 0.1) is 0 Å². The van der Waals surface area contributed by atoms with E-state index in [-0.39, 0.29) is 11.9 Å². The minimum Gasteiger partial charge on any atom is -0.375 e.